The van der Waals surface area contributed by atoms with Gasteiger partial charge < -0.3 is 19.2 Å². The second-order valence-corrected chi connectivity index (χ2v) is 8.02. The average molecular weight is 393 g/mol. The van der Waals surface area contributed by atoms with Crippen LogP contribution >= 0.6 is 0 Å². The van der Waals surface area contributed by atoms with E-state index in [4.69, 9.17) is 9.47 Å². The first kappa shape index (κ1) is 21.9. The van der Waals surface area contributed by atoms with Crippen LogP contribution in [0.4, 0.5) is 9.18 Å². The molecule has 0 N–H and O–H groups in total. The maximum atomic E-state index is 14.1. The van der Waals surface area contributed by atoms with Gasteiger partial charge in [0, 0.05) is 24.9 Å². The van der Waals surface area contributed by atoms with Gasteiger partial charge in [-0.3, -0.25) is 4.79 Å². The third-order valence-electron chi connectivity index (χ3n) is 4.83. The number of carbonyl (C=O) groups excluding carboxylic acids is 3. The number of amides is 1. The second-order valence-electron chi connectivity index (χ2n) is 8.02. The number of carbonyl (C=O) groups is 3. The molecule has 28 heavy (non-hydrogen) atoms. The highest BCUT2D eigenvalue weighted by Crippen LogP contribution is 2.39. The van der Waals surface area contributed by atoms with Crippen molar-refractivity contribution in [1.82, 2.24) is 4.90 Å². The van der Waals surface area contributed by atoms with Gasteiger partial charge in [0.05, 0.1) is 12.5 Å². The molecule has 0 aromatic heterocycles. The predicted octanol–water partition coefficient (Wildman–Crippen LogP) is 3.46. The molecule has 6 nitrogen and oxygen atoms in total. The third-order valence-corrected chi connectivity index (χ3v) is 4.83. The standard InChI is InChI=1S/C21H28FNO5/c1-6-27-19(25)16-11-23(20(26)28-21(3,4)5)10-14(12-24)18(16)15-8-7-9-17(22)13(15)2/h7-9,12,14,16,18H,6,10-11H2,1-5H3/t14-,16+,18-/m1/s1. The van der Waals surface area contributed by atoms with Crippen molar-refractivity contribution in [2.45, 2.75) is 46.1 Å². The molecular formula is C21H28FNO5. The lowest BCUT2D eigenvalue weighted by atomic mass is 9.73. The Morgan fingerprint density at radius 3 is 2.54 bits per heavy atom. The van der Waals surface area contributed by atoms with Gasteiger partial charge in [0.25, 0.3) is 0 Å². The van der Waals surface area contributed by atoms with E-state index in [1.807, 2.05) is 0 Å². The molecule has 2 rings (SSSR count). The Morgan fingerprint density at radius 2 is 1.96 bits per heavy atom. The summed E-state index contributed by atoms with van der Waals surface area (Å²) in [7, 11) is 0. The summed E-state index contributed by atoms with van der Waals surface area (Å²) in [6.07, 6.45) is 0.126. The van der Waals surface area contributed by atoms with Crippen LogP contribution in [0.2, 0.25) is 0 Å². The van der Waals surface area contributed by atoms with E-state index in [9.17, 15) is 18.8 Å². The summed E-state index contributed by atoms with van der Waals surface area (Å²) in [6, 6.07) is 4.61. The van der Waals surface area contributed by atoms with Crippen LogP contribution in [0.5, 0.6) is 0 Å². The molecule has 0 radical (unpaired) electrons. The van der Waals surface area contributed by atoms with Crippen LogP contribution in [-0.2, 0) is 19.1 Å². The summed E-state index contributed by atoms with van der Waals surface area (Å²) in [4.78, 5) is 38.5. The molecule has 0 bridgehead atoms. The predicted molar refractivity (Wildman–Crippen MR) is 101 cm³/mol. The average Bonchev–Trinajstić information content (AvgIpc) is 2.61. The zero-order valence-electron chi connectivity index (χ0n) is 17.0. The van der Waals surface area contributed by atoms with E-state index in [1.54, 1.807) is 46.8 Å². The lowest BCUT2D eigenvalue weighted by molar-refractivity contribution is -0.151. The van der Waals surface area contributed by atoms with Gasteiger partial charge in [-0.05, 0) is 51.8 Å². The summed E-state index contributed by atoms with van der Waals surface area (Å²) >= 11 is 0. The Balaban J connectivity index is 2.43. The highest BCUT2D eigenvalue weighted by Gasteiger charge is 2.45. The Kier molecular flexibility index (Phi) is 6.80. The van der Waals surface area contributed by atoms with Crippen molar-refractivity contribution in [3.8, 4) is 0 Å². The van der Waals surface area contributed by atoms with Crippen LogP contribution in [0.25, 0.3) is 0 Å². The summed E-state index contributed by atoms with van der Waals surface area (Å²) in [5.74, 6) is -2.98. The Morgan fingerprint density at radius 1 is 1.29 bits per heavy atom. The van der Waals surface area contributed by atoms with Gasteiger partial charge in [0.1, 0.15) is 17.7 Å². The quantitative estimate of drug-likeness (QED) is 0.579. The molecule has 0 saturated carbocycles. The van der Waals surface area contributed by atoms with Crippen molar-refractivity contribution < 1.29 is 28.2 Å². The molecular weight excluding hydrogens is 365 g/mol. The summed E-state index contributed by atoms with van der Waals surface area (Å²) in [5, 5.41) is 0. The summed E-state index contributed by atoms with van der Waals surface area (Å²) < 4.78 is 24.7. The smallest absolute Gasteiger partial charge is 0.410 e. The number of rotatable bonds is 4. The van der Waals surface area contributed by atoms with E-state index in [1.165, 1.54) is 11.0 Å². The lowest BCUT2D eigenvalue weighted by Gasteiger charge is -2.41. The summed E-state index contributed by atoms with van der Waals surface area (Å²) in [5.41, 5.74) is 0.266. The van der Waals surface area contributed by atoms with Gasteiger partial charge >= 0.3 is 12.1 Å². The molecule has 1 saturated heterocycles. The molecule has 1 fully saturated rings. The first-order valence-electron chi connectivity index (χ1n) is 9.44. The number of piperidine rings is 1. The van der Waals surface area contributed by atoms with E-state index in [2.05, 4.69) is 0 Å². The number of hydrogen-bond donors (Lipinski definition) is 0. The molecule has 1 aromatic rings. The topological polar surface area (TPSA) is 72.9 Å². The van der Waals surface area contributed by atoms with Crippen LogP contribution in [0, 0.1) is 24.6 Å². The monoisotopic (exact) mass is 393 g/mol. The van der Waals surface area contributed by atoms with E-state index in [0.29, 0.717) is 11.1 Å². The number of halogens is 1. The van der Waals surface area contributed by atoms with Gasteiger partial charge in [0.15, 0.2) is 0 Å². The van der Waals surface area contributed by atoms with Crippen molar-refractivity contribution in [1.29, 1.82) is 0 Å². The van der Waals surface area contributed by atoms with Gasteiger partial charge in [-0.15, -0.1) is 0 Å². The van der Waals surface area contributed by atoms with Gasteiger partial charge in [-0.1, -0.05) is 12.1 Å². The third kappa shape index (κ3) is 4.88. The van der Waals surface area contributed by atoms with Crippen LogP contribution < -0.4 is 0 Å². The normalized spacial score (nSPS) is 22.5. The van der Waals surface area contributed by atoms with Crippen LogP contribution in [0.3, 0.4) is 0 Å². The van der Waals surface area contributed by atoms with Gasteiger partial charge in [0.2, 0.25) is 0 Å². The minimum absolute atomic E-state index is 0.0404. The van der Waals surface area contributed by atoms with E-state index in [-0.39, 0.29) is 19.7 Å². The van der Waals surface area contributed by atoms with Crippen LogP contribution in [-0.4, -0.2) is 48.5 Å². The number of nitrogens with zero attached hydrogens (tertiary/aromatic N) is 1. The van der Waals surface area contributed by atoms with Gasteiger partial charge in [-0.2, -0.15) is 0 Å². The molecule has 1 aliphatic rings. The molecule has 7 heteroatoms. The zero-order valence-corrected chi connectivity index (χ0v) is 17.0. The first-order chi connectivity index (χ1) is 13.1. The minimum Gasteiger partial charge on any atom is -0.466 e. The van der Waals surface area contributed by atoms with Crippen molar-refractivity contribution in [3.63, 3.8) is 0 Å². The number of likely N-dealkylation sites (tertiary alicyclic amines) is 1. The van der Waals surface area contributed by atoms with E-state index < -0.39 is 41.2 Å². The fourth-order valence-electron chi connectivity index (χ4n) is 3.60. The van der Waals surface area contributed by atoms with Crippen molar-refractivity contribution in [2.75, 3.05) is 19.7 Å². The number of hydrogen-bond acceptors (Lipinski definition) is 5. The van der Waals surface area contributed by atoms with Crippen molar-refractivity contribution in [3.05, 3.63) is 35.1 Å². The number of ether oxygens (including phenoxy) is 2. The molecule has 1 aliphatic heterocycles. The highest BCUT2D eigenvalue weighted by molar-refractivity contribution is 5.78. The largest absolute Gasteiger partial charge is 0.466 e. The lowest BCUT2D eigenvalue weighted by Crippen LogP contribution is -2.52. The Hall–Kier alpha value is -2.44. The number of benzene rings is 1. The molecule has 0 unspecified atom stereocenters. The SMILES string of the molecule is CCOC(=O)[C@H]1CN(C(=O)OC(C)(C)C)C[C@H](C=O)[C@@H]1c1cccc(F)c1C. The minimum atomic E-state index is -0.795. The van der Waals surface area contributed by atoms with Crippen molar-refractivity contribution >= 4 is 18.3 Å². The first-order valence-corrected chi connectivity index (χ1v) is 9.44. The van der Waals surface area contributed by atoms with Crippen LogP contribution in [0.1, 0.15) is 44.7 Å². The Bertz CT molecular complexity index is 743. The second kappa shape index (κ2) is 8.71. The molecule has 1 heterocycles. The fraction of sp³-hybridized carbons (Fsp3) is 0.571. The molecule has 1 amide bonds. The number of aldehydes is 1. The van der Waals surface area contributed by atoms with E-state index >= 15 is 0 Å². The summed E-state index contributed by atoms with van der Waals surface area (Å²) in [6.45, 7) is 8.84. The maximum Gasteiger partial charge on any atom is 0.410 e. The molecule has 154 valence electrons. The molecule has 1 aromatic carbocycles. The maximum absolute atomic E-state index is 14.1. The zero-order chi connectivity index (χ0) is 21.1. The molecule has 3 atom stereocenters. The molecule has 0 spiro atoms. The Labute approximate surface area is 165 Å². The van der Waals surface area contributed by atoms with Gasteiger partial charge in [-0.25, -0.2) is 9.18 Å². The fourth-order valence-corrected chi connectivity index (χ4v) is 3.60. The highest BCUT2D eigenvalue weighted by atomic mass is 19.1. The van der Waals surface area contributed by atoms with Crippen LogP contribution in [0.15, 0.2) is 18.2 Å². The van der Waals surface area contributed by atoms with Crippen molar-refractivity contribution in [2.24, 2.45) is 11.8 Å². The van der Waals surface area contributed by atoms with E-state index in [0.717, 1.165) is 6.29 Å². The molecule has 0 aliphatic carbocycles. The number of esters is 1.